The smallest absolute Gasteiger partial charge is 0.326 e. The Labute approximate surface area is 124 Å². The molecule has 21 heavy (non-hydrogen) atoms. The van der Waals surface area contributed by atoms with E-state index in [1.807, 2.05) is 6.92 Å². The Kier molecular flexibility index (Phi) is 7.14. The van der Waals surface area contributed by atoms with Gasteiger partial charge < -0.3 is 20.5 Å². The van der Waals surface area contributed by atoms with Gasteiger partial charge in [0.25, 0.3) is 0 Å². The molecular formula is C14H24N2O5. The Morgan fingerprint density at radius 2 is 2.05 bits per heavy atom. The fourth-order valence-corrected chi connectivity index (χ4v) is 2.07. The minimum absolute atomic E-state index is 0.0230. The van der Waals surface area contributed by atoms with E-state index in [1.54, 1.807) is 0 Å². The number of nitrogens with one attached hydrogen (secondary N) is 2. The summed E-state index contributed by atoms with van der Waals surface area (Å²) in [5, 5.41) is 14.2. The zero-order valence-corrected chi connectivity index (χ0v) is 12.6. The fraction of sp³-hybridized carbons (Fsp3) is 0.786. The lowest BCUT2D eigenvalue weighted by molar-refractivity contribution is -0.142. The van der Waals surface area contributed by atoms with Crippen molar-refractivity contribution in [2.45, 2.75) is 38.6 Å². The molecule has 0 bridgehead atoms. The van der Waals surface area contributed by atoms with E-state index in [4.69, 9.17) is 9.84 Å². The SMILES string of the molecule is COCCCC(NC(=O)CCNC(=O)C1CC1C)C(=O)O. The van der Waals surface area contributed by atoms with E-state index in [2.05, 4.69) is 10.6 Å². The van der Waals surface area contributed by atoms with Gasteiger partial charge >= 0.3 is 5.97 Å². The molecule has 0 saturated heterocycles. The summed E-state index contributed by atoms with van der Waals surface area (Å²) in [4.78, 5) is 34.2. The van der Waals surface area contributed by atoms with Gasteiger partial charge in [-0.05, 0) is 25.2 Å². The van der Waals surface area contributed by atoms with Crippen LogP contribution < -0.4 is 10.6 Å². The highest BCUT2D eigenvalue weighted by Crippen LogP contribution is 2.37. The van der Waals surface area contributed by atoms with Crippen LogP contribution in [0.25, 0.3) is 0 Å². The molecule has 0 aliphatic heterocycles. The zero-order valence-electron chi connectivity index (χ0n) is 12.6. The van der Waals surface area contributed by atoms with Crippen LogP contribution in [0.4, 0.5) is 0 Å². The van der Waals surface area contributed by atoms with Crippen LogP contribution in [0.1, 0.15) is 32.6 Å². The predicted molar refractivity (Wildman–Crippen MR) is 75.6 cm³/mol. The molecule has 2 amide bonds. The Balaban J connectivity index is 2.20. The molecule has 1 fully saturated rings. The summed E-state index contributed by atoms with van der Waals surface area (Å²) in [6.07, 6.45) is 1.87. The van der Waals surface area contributed by atoms with Gasteiger partial charge in [-0.1, -0.05) is 6.92 Å². The first-order chi connectivity index (χ1) is 9.95. The molecule has 120 valence electrons. The molecule has 7 nitrogen and oxygen atoms in total. The highest BCUT2D eigenvalue weighted by atomic mass is 16.5. The van der Waals surface area contributed by atoms with Crippen LogP contribution in [0.2, 0.25) is 0 Å². The van der Waals surface area contributed by atoms with Crippen molar-refractivity contribution in [3.63, 3.8) is 0 Å². The van der Waals surface area contributed by atoms with Gasteiger partial charge in [0.15, 0.2) is 0 Å². The number of ether oxygens (including phenoxy) is 1. The first-order valence-electron chi connectivity index (χ1n) is 7.24. The van der Waals surface area contributed by atoms with Gasteiger partial charge in [0, 0.05) is 32.6 Å². The zero-order chi connectivity index (χ0) is 15.8. The lowest BCUT2D eigenvalue weighted by Gasteiger charge is -2.14. The Morgan fingerprint density at radius 1 is 1.38 bits per heavy atom. The monoisotopic (exact) mass is 300 g/mol. The number of aliphatic carboxylic acids is 1. The maximum atomic E-state index is 11.7. The lowest BCUT2D eigenvalue weighted by atomic mass is 10.1. The standard InChI is InChI=1S/C14H24N2O5/c1-9-8-10(9)13(18)15-6-5-12(17)16-11(14(19)20)4-3-7-21-2/h9-11H,3-8H2,1-2H3,(H,15,18)(H,16,17)(H,19,20). The van der Waals surface area contributed by atoms with E-state index >= 15 is 0 Å². The number of rotatable bonds is 10. The highest BCUT2D eigenvalue weighted by molar-refractivity contribution is 5.85. The summed E-state index contributed by atoms with van der Waals surface area (Å²) in [5.74, 6) is -0.950. The maximum Gasteiger partial charge on any atom is 0.326 e. The lowest BCUT2D eigenvalue weighted by Crippen LogP contribution is -2.42. The van der Waals surface area contributed by atoms with Gasteiger partial charge in [0.05, 0.1) is 0 Å². The third kappa shape index (κ3) is 6.57. The predicted octanol–water partition coefficient (Wildman–Crippen LogP) is 0.145. The number of carbonyl (C=O) groups is 3. The highest BCUT2D eigenvalue weighted by Gasteiger charge is 2.38. The number of carbonyl (C=O) groups excluding carboxylic acids is 2. The molecule has 3 unspecified atom stereocenters. The summed E-state index contributed by atoms with van der Waals surface area (Å²) < 4.78 is 4.85. The molecule has 3 atom stereocenters. The average Bonchev–Trinajstić information content (AvgIpc) is 3.14. The van der Waals surface area contributed by atoms with Crippen molar-refractivity contribution in [3.05, 3.63) is 0 Å². The average molecular weight is 300 g/mol. The Hall–Kier alpha value is -1.63. The van der Waals surface area contributed by atoms with E-state index in [-0.39, 0.29) is 30.7 Å². The van der Waals surface area contributed by atoms with Gasteiger partial charge in [0.2, 0.25) is 11.8 Å². The van der Waals surface area contributed by atoms with E-state index in [9.17, 15) is 14.4 Å². The van der Waals surface area contributed by atoms with Crippen molar-refractivity contribution in [1.29, 1.82) is 0 Å². The number of carboxylic acid groups (broad SMARTS) is 1. The number of carboxylic acids is 1. The fourth-order valence-electron chi connectivity index (χ4n) is 2.07. The van der Waals surface area contributed by atoms with E-state index < -0.39 is 12.0 Å². The van der Waals surface area contributed by atoms with Crippen LogP contribution in [0.5, 0.6) is 0 Å². The number of hydrogen-bond donors (Lipinski definition) is 3. The summed E-state index contributed by atoms with van der Waals surface area (Å²) in [6.45, 7) is 2.70. The molecule has 7 heteroatoms. The van der Waals surface area contributed by atoms with Gasteiger partial charge in [-0.3, -0.25) is 9.59 Å². The minimum atomic E-state index is -1.06. The van der Waals surface area contributed by atoms with Crippen molar-refractivity contribution >= 4 is 17.8 Å². The first kappa shape index (κ1) is 17.4. The third-order valence-electron chi connectivity index (χ3n) is 3.57. The molecule has 0 aromatic rings. The van der Waals surface area contributed by atoms with Gasteiger partial charge in [-0.15, -0.1) is 0 Å². The second kappa shape index (κ2) is 8.61. The molecule has 0 aromatic heterocycles. The molecule has 1 saturated carbocycles. The van der Waals surface area contributed by atoms with Crippen LogP contribution in [0.15, 0.2) is 0 Å². The molecule has 1 rings (SSSR count). The largest absolute Gasteiger partial charge is 0.480 e. The Morgan fingerprint density at radius 3 is 2.57 bits per heavy atom. The summed E-state index contributed by atoms with van der Waals surface area (Å²) >= 11 is 0. The topological polar surface area (TPSA) is 105 Å². The number of amides is 2. The first-order valence-corrected chi connectivity index (χ1v) is 7.24. The molecule has 1 aliphatic carbocycles. The van der Waals surface area contributed by atoms with Crippen LogP contribution in [-0.4, -0.2) is 49.2 Å². The minimum Gasteiger partial charge on any atom is -0.480 e. The van der Waals surface area contributed by atoms with Gasteiger partial charge in [-0.2, -0.15) is 0 Å². The number of methoxy groups -OCH3 is 1. The molecule has 0 radical (unpaired) electrons. The van der Waals surface area contributed by atoms with E-state index in [0.717, 1.165) is 6.42 Å². The summed E-state index contributed by atoms with van der Waals surface area (Å²) in [5.41, 5.74) is 0. The van der Waals surface area contributed by atoms with Gasteiger partial charge in [-0.25, -0.2) is 4.79 Å². The van der Waals surface area contributed by atoms with Gasteiger partial charge in [0.1, 0.15) is 6.04 Å². The number of hydrogen-bond acceptors (Lipinski definition) is 4. The maximum absolute atomic E-state index is 11.7. The summed E-state index contributed by atoms with van der Waals surface area (Å²) in [6, 6.07) is -0.910. The van der Waals surface area contributed by atoms with Crippen molar-refractivity contribution in [1.82, 2.24) is 10.6 Å². The van der Waals surface area contributed by atoms with Crippen molar-refractivity contribution in [2.75, 3.05) is 20.3 Å². The van der Waals surface area contributed by atoms with Crippen LogP contribution in [0.3, 0.4) is 0 Å². The summed E-state index contributed by atoms with van der Waals surface area (Å²) in [7, 11) is 1.54. The molecule has 0 heterocycles. The van der Waals surface area contributed by atoms with Crippen LogP contribution in [0, 0.1) is 11.8 Å². The van der Waals surface area contributed by atoms with E-state index in [1.165, 1.54) is 7.11 Å². The third-order valence-corrected chi connectivity index (χ3v) is 3.57. The molecule has 1 aliphatic rings. The van der Waals surface area contributed by atoms with Crippen LogP contribution in [-0.2, 0) is 19.1 Å². The molecule has 0 spiro atoms. The Bertz CT molecular complexity index is 386. The second-order valence-corrected chi connectivity index (χ2v) is 5.45. The van der Waals surface area contributed by atoms with E-state index in [0.29, 0.717) is 25.4 Å². The quantitative estimate of drug-likeness (QED) is 0.498. The normalized spacial score (nSPS) is 21.4. The molecule has 0 aromatic carbocycles. The second-order valence-electron chi connectivity index (χ2n) is 5.45. The van der Waals surface area contributed by atoms with Crippen LogP contribution >= 0.6 is 0 Å². The van der Waals surface area contributed by atoms with Crippen molar-refractivity contribution < 1.29 is 24.2 Å². The molecular weight excluding hydrogens is 276 g/mol. The molecule has 3 N–H and O–H groups in total. The van der Waals surface area contributed by atoms with Crippen molar-refractivity contribution in [2.24, 2.45) is 11.8 Å². The van der Waals surface area contributed by atoms with Crippen molar-refractivity contribution in [3.8, 4) is 0 Å².